The molecule has 0 spiro atoms. The smallest absolute Gasteiger partial charge is 0.168 e. The summed E-state index contributed by atoms with van der Waals surface area (Å²) in [5.41, 5.74) is 1.27. The lowest BCUT2D eigenvalue weighted by Crippen LogP contribution is -2.36. The maximum Gasteiger partial charge on any atom is 0.168 e. The van der Waals surface area contributed by atoms with Crippen LogP contribution >= 0.6 is 12.2 Å². The summed E-state index contributed by atoms with van der Waals surface area (Å²) in [6.07, 6.45) is 0. The van der Waals surface area contributed by atoms with Crippen molar-refractivity contribution in [2.24, 2.45) is 0 Å². The molecule has 0 aromatic heterocycles. The van der Waals surface area contributed by atoms with Gasteiger partial charge in [-0.2, -0.15) is 0 Å². The molecule has 0 radical (unpaired) electrons. The van der Waals surface area contributed by atoms with Crippen molar-refractivity contribution in [1.29, 1.82) is 0 Å². The molecule has 0 saturated carbocycles. The van der Waals surface area contributed by atoms with Gasteiger partial charge >= 0.3 is 0 Å². The molecule has 1 rings (SSSR count). The Morgan fingerprint density at radius 3 is 2.43 bits per heavy atom. The molecule has 76 valence electrons. The first kappa shape index (κ1) is 11.0. The van der Waals surface area contributed by atoms with Crippen LogP contribution < -0.4 is 5.32 Å². The Kier molecular flexibility index (Phi) is 3.89. The Hall–Kier alpha value is -1.09. The van der Waals surface area contributed by atoms with E-state index in [1.165, 1.54) is 5.56 Å². The van der Waals surface area contributed by atoms with E-state index in [0.717, 1.165) is 5.11 Å². The van der Waals surface area contributed by atoms with Crippen LogP contribution in [0.5, 0.6) is 0 Å². The molecular formula is C11H16N2S. The lowest BCUT2D eigenvalue weighted by Gasteiger charge is -2.27. The van der Waals surface area contributed by atoms with E-state index in [0.29, 0.717) is 6.04 Å². The van der Waals surface area contributed by atoms with Gasteiger partial charge in [-0.15, -0.1) is 0 Å². The van der Waals surface area contributed by atoms with Gasteiger partial charge in [0.05, 0.1) is 6.04 Å². The van der Waals surface area contributed by atoms with Crippen LogP contribution in [0, 0.1) is 0 Å². The number of hydrogen-bond acceptors (Lipinski definition) is 1. The van der Waals surface area contributed by atoms with Crippen molar-refractivity contribution in [1.82, 2.24) is 10.2 Å². The fraction of sp³-hybridized carbons (Fsp3) is 0.364. The second-order valence-corrected chi connectivity index (χ2v) is 3.64. The van der Waals surface area contributed by atoms with E-state index in [4.69, 9.17) is 12.2 Å². The minimum atomic E-state index is 0.302. The predicted molar refractivity (Wildman–Crippen MR) is 64.3 cm³/mol. The maximum atomic E-state index is 5.17. The number of nitrogens with zero attached hydrogens (tertiary/aromatic N) is 1. The number of thiocarbonyl (C=S) groups is 1. The topological polar surface area (TPSA) is 15.3 Å². The molecule has 14 heavy (non-hydrogen) atoms. The summed E-state index contributed by atoms with van der Waals surface area (Å²) in [5, 5.41) is 3.74. The Balaban J connectivity index is 2.75. The molecule has 0 fully saturated rings. The van der Waals surface area contributed by atoms with Crippen LogP contribution in [0.25, 0.3) is 0 Å². The predicted octanol–water partition coefficient (Wildman–Crippen LogP) is 2.18. The van der Waals surface area contributed by atoms with E-state index >= 15 is 0 Å². The van der Waals surface area contributed by atoms with Gasteiger partial charge in [-0.1, -0.05) is 30.3 Å². The van der Waals surface area contributed by atoms with Crippen molar-refractivity contribution in [2.75, 3.05) is 14.1 Å². The summed E-state index contributed by atoms with van der Waals surface area (Å²) in [7, 11) is 3.84. The van der Waals surface area contributed by atoms with Crippen LogP contribution in [-0.4, -0.2) is 24.1 Å². The Labute approximate surface area is 90.9 Å². The van der Waals surface area contributed by atoms with Crippen molar-refractivity contribution < 1.29 is 0 Å². The van der Waals surface area contributed by atoms with Crippen LogP contribution in [-0.2, 0) is 0 Å². The summed E-state index contributed by atoms with van der Waals surface area (Å²) >= 11 is 5.17. The normalized spacial score (nSPS) is 11.9. The van der Waals surface area contributed by atoms with Gasteiger partial charge in [-0.05, 0) is 24.7 Å². The molecule has 3 heteroatoms. The third kappa shape index (κ3) is 2.45. The van der Waals surface area contributed by atoms with Crippen molar-refractivity contribution in [2.45, 2.75) is 13.0 Å². The molecular weight excluding hydrogens is 192 g/mol. The molecule has 0 aliphatic rings. The van der Waals surface area contributed by atoms with Crippen molar-refractivity contribution in [3.05, 3.63) is 35.9 Å². The second-order valence-electron chi connectivity index (χ2n) is 3.25. The first-order chi connectivity index (χ1) is 6.66. The minimum Gasteiger partial charge on any atom is -0.366 e. The highest BCUT2D eigenvalue weighted by molar-refractivity contribution is 7.80. The number of rotatable bonds is 2. The molecule has 0 heterocycles. The largest absolute Gasteiger partial charge is 0.366 e. The van der Waals surface area contributed by atoms with Gasteiger partial charge in [0.1, 0.15) is 0 Å². The third-order valence-electron chi connectivity index (χ3n) is 2.40. The zero-order chi connectivity index (χ0) is 10.6. The summed E-state index contributed by atoms with van der Waals surface area (Å²) in [4.78, 5) is 2.05. The van der Waals surface area contributed by atoms with Gasteiger partial charge in [-0.3, -0.25) is 0 Å². The quantitative estimate of drug-likeness (QED) is 0.750. The lowest BCUT2D eigenvalue weighted by molar-refractivity contribution is 0.399. The molecule has 0 amide bonds. The van der Waals surface area contributed by atoms with Crippen molar-refractivity contribution in [3.63, 3.8) is 0 Å². The highest BCUT2D eigenvalue weighted by Gasteiger charge is 2.12. The molecule has 2 nitrogen and oxygen atoms in total. The summed E-state index contributed by atoms with van der Waals surface area (Å²) in [5.74, 6) is 0. The van der Waals surface area contributed by atoms with Gasteiger partial charge in [0.25, 0.3) is 0 Å². The van der Waals surface area contributed by atoms with Crippen molar-refractivity contribution in [3.8, 4) is 0 Å². The first-order valence-corrected chi connectivity index (χ1v) is 5.07. The van der Waals surface area contributed by atoms with E-state index in [1.807, 2.05) is 37.2 Å². The Bertz CT molecular complexity index is 297. The van der Waals surface area contributed by atoms with Gasteiger partial charge < -0.3 is 10.2 Å². The Morgan fingerprint density at radius 1 is 1.36 bits per heavy atom. The lowest BCUT2D eigenvalue weighted by atomic mass is 10.1. The molecule has 0 unspecified atom stereocenters. The molecule has 1 N–H and O–H groups in total. The van der Waals surface area contributed by atoms with Crippen LogP contribution in [0.4, 0.5) is 0 Å². The van der Waals surface area contributed by atoms with Crippen LogP contribution in [0.15, 0.2) is 30.3 Å². The SMILES string of the molecule is CNC(=S)N(C)[C@H](C)c1ccccc1. The molecule has 0 saturated heterocycles. The van der Waals surface area contributed by atoms with Gasteiger partial charge in [-0.25, -0.2) is 0 Å². The Morgan fingerprint density at radius 2 is 1.93 bits per heavy atom. The second kappa shape index (κ2) is 4.96. The monoisotopic (exact) mass is 208 g/mol. The zero-order valence-corrected chi connectivity index (χ0v) is 9.64. The van der Waals surface area contributed by atoms with Crippen molar-refractivity contribution >= 4 is 17.3 Å². The van der Waals surface area contributed by atoms with Gasteiger partial charge in [0, 0.05) is 14.1 Å². The first-order valence-electron chi connectivity index (χ1n) is 4.66. The van der Waals surface area contributed by atoms with E-state index in [1.54, 1.807) is 0 Å². The average molecular weight is 208 g/mol. The molecule has 0 aliphatic heterocycles. The number of benzene rings is 1. The number of hydrogen-bond donors (Lipinski definition) is 1. The van der Waals surface area contributed by atoms with Crippen LogP contribution in [0.1, 0.15) is 18.5 Å². The molecule has 0 aliphatic carbocycles. The van der Waals surface area contributed by atoms with Crippen LogP contribution in [0.3, 0.4) is 0 Å². The minimum absolute atomic E-state index is 0.302. The maximum absolute atomic E-state index is 5.17. The standard InChI is InChI=1S/C11H16N2S/c1-9(13(3)11(14)12-2)10-7-5-4-6-8-10/h4-9H,1-3H3,(H,12,14)/t9-/m1/s1. The highest BCUT2D eigenvalue weighted by atomic mass is 32.1. The van der Waals surface area contributed by atoms with E-state index in [-0.39, 0.29) is 0 Å². The molecule has 1 aromatic rings. The highest BCUT2D eigenvalue weighted by Crippen LogP contribution is 2.17. The van der Waals surface area contributed by atoms with Crippen LogP contribution in [0.2, 0.25) is 0 Å². The van der Waals surface area contributed by atoms with E-state index in [9.17, 15) is 0 Å². The fourth-order valence-corrected chi connectivity index (χ4v) is 1.47. The summed E-state index contributed by atoms with van der Waals surface area (Å²) in [6, 6.07) is 10.6. The molecule has 0 bridgehead atoms. The third-order valence-corrected chi connectivity index (χ3v) is 2.89. The number of nitrogens with one attached hydrogen (secondary N) is 1. The zero-order valence-electron chi connectivity index (χ0n) is 8.82. The molecule has 1 aromatic carbocycles. The summed E-state index contributed by atoms with van der Waals surface area (Å²) in [6.45, 7) is 2.14. The van der Waals surface area contributed by atoms with Gasteiger partial charge in [0.2, 0.25) is 0 Å². The van der Waals surface area contributed by atoms with Gasteiger partial charge in [0.15, 0.2) is 5.11 Å². The molecule has 1 atom stereocenters. The fourth-order valence-electron chi connectivity index (χ4n) is 1.31. The van der Waals surface area contributed by atoms with E-state index < -0.39 is 0 Å². The van der Waals surface area contributed by atoms with E-state index in [2.05, 4.69) is 24.4 Å². The summed E-state index contributed by atoms with van der Waals surface area (Å²) < 4.78 is 0. The average Bonchev–Trinajstić information content (AvgIpc) is 2.27.